The summed E-state index contributed by atoms with van der Waals surface area (Å²) in [5.74, 6) is 0.527. The SMILES string of the molecule is CC(C)(C)c1ccc(B(O)O)c(O[Si](c2ccccc2)c2ccccc2)c1. The van der Waals surface area contributed by atoms with Gasteiger partial charge in [0, 0.05) is 5.46 Å². The Hall–Kier alpha value is -2.34. The summed E-state index contributed by atoms with van der Waals surface area (Å²) in [6, 6.07) is 25.8. The summed E-state index contributed by atoms with van der Waals surface area (Å²) in [5.41, 5.74) is 1.41. The molecule has 3 nitrogen and oxygen atoms in total. The number of benzene rings is 3. The summed E-state index contributed by atoms with van der Waals surface area (Å²) in [4.78, 5) is 0. The van der Waals surface area contributed by atoms with Crippen LogP contribution in [0, 0.1) is 0 Å². The van der Waals surface area contributed by atoms with E-state index in [1.807, 2.05) is 48.5 Å². The van der Waals surface area contributed by atoms with E-state index < -0.39 is 16.2 Å². The Balaban J connectivity index is 2.08. The van der Waals surface area contributed by atoms with E-state index in [9.17, 15) is 10.0 Å². The quantitative estimate of drug-likeness (QED) is 0.670. The molecule has 0 spiro atoms. The molecule has 0 aliphatic heterocycles. The number of hydrogen-bond donors (Lipinski definition) is 2. The van der Waals surface area contributed by atoms with E-state index in [4.69, 9.17) is 4.43 Å². The second-order valence-corrected chi connectivity index (χ2v) is 9.56. The Bertz CT molecular complexity index is 838. The van der Waals surface area contributed by atoms with Crippen molar-refractivity contribution in [1.29, 1.82) is 0 Å². The molecular formula is C22H24BO3Si. The third-order valence-electron chi connectivity index (χ3n) is 4.44. The van der Waals surface area contributed by atoms with Gasteiger partial charge in [0.25, 0.3) is 0 Å². The molecule has 0 aromatic heterocycles. The molecule has 2 N–H and O–H groups in total. The summed E-state index contributed by atoms with van der Waals surface area (Å²) in [7, 11) is -3.17. The predicted octanol–water partition coefficient (Wildman–Crippen LogP) is 1.85. The fraction of sp³-hybridized carbons (Fsp3) is 0.182. The molecule has 27 heavy (non-hydrogen) atoms. The highest BCUT2D eigenvalue weighted by molar-refractivity contribution is 6.80. The van der Waals surface area contributed by atoms with Crippen molar-refractivity contribution < 1.29 is 14.5 Å². The maximum Gasteiger partial charge on any atom is 0.492 e. The Labute approximate surface area is 163 Å². The second-order valence-electron chi connectivity index (χ2n) is 7.54. The minimum absolute atomic E-state index is 0.0660. The monoisotopic (exact) mass is 375 g/mol. The van der Waals surface area contributed by atoms with Crippen LogP contribution < -0.4 is 20.3 Å². The van der Waals surface area contributed by atoms with Crippen LogP contribution in [-0.2, 0) is 5.41 Å². The minimum atomic E-state index is -1.59. The zero-order valence-corrected chi connectivity index (χ0v) is 16.9. The molecule has 5 heteroatoms. The first kappa shape index (κ1) is 19.4. The van der Waals surface area contributed by atoms with Crippen molar-refractivity contribution in [2.45, 2.75) is 26.2 Å². The number of rotatable bonds is 5. The molecule has 1 radical (unpaired) electrons. The first-order valence-corrected chi connectivity index (χ1v) is 10.4. The zero-order valence-electron chi connectivity index (χ0n) is 15.9. The molecule has 0 aliphatic rings. The van der Waals surface area contributed by atoms with Crippen molar-refractivity contribution in [3.63, 3.8) is 0 Å². The highest BCUT2D eigenvalue weighted by atomic mass is 28.3. The zero-order chi connectivity index (χ0) is 19.4. The fourth-order valence-corrected chi connectivity index (χ4v) is 4.83. The maximum atomic E-state index is 9.84. The Kier molecular flexibility index (Phi) is 5.85. The van der Waals surface area contributed by atoms with Crippen molar-refractivity contribution in [2.75, 3.05) is 0 Å². The van der Waals surface area contributed by atoms with Crippen molar-refractivity contribution in [2.24, 2.45) is 0 Å². The van der Waals surface area contributed by atoms with E-state index in [0.717, 1.165) is 15.9 Å². The molecule has 0 fully saturated rings. The molecule has 3 rings (SSSR count). The molecule has 137 valence electrons. The van der Waals surface area contributed by atoms with Gasteiger partial charge in [0.1, 0.15) is 5.75 Å². The predicted molar refractivity (Wildman–Crippen MR) is 114 cm³/mol. The van der Waals surface area contributed by atoms with Gasteiger partial charge in [-0.25, -0.2) is 0 Å². The third-order valence-corrected chi connectivity index (χ3v) is 6.58. The van der Waals surface area contributed by atoms with E-state index in [2.05, 4.69) is 45.0 Å². The van der Waals surface area contributed by atoms with Gasteiger partial charge in [-0.1, -0.05) is 93.6 Å². The van der Waals surface area contributed by atoms with Gasteiger partial charge < -0.3 is 14.5 Å². The molecule has 0 saturated heterocycles. The summed E-state index contributed by atoms with van der Waals surface area (Å²) in [6.07, 6.45) is 0. The molecule has 0 unspecified atom stereocenters. The van der Waals surface area contributed by atoms with Gasteiger partial charge in [0.15, 0.2) is 0 Å². The normalized spacial score (nSPS) is 11.5. The van der Waals surface area contributed by atoms with E-state index in [1.165, 1.54) is 0 Å². The highest BCUT2D eigenvalue weighted by Crippen LogP contribution is 2.25. The molecule has 0 saturated carbocycles. The first-order chi connectivity index (χ1) is 12.9. The standard InChI is InChI=1S/C22H24BO3Si/c1-22(2,3)17-14-15-20(23(24)25)21(16-17)26-27(18-10-6-4-7-11-18)19-12-8-5-9-13-19/h4-16,24-25H,1-3H3. The van der Waals surface area contributed by atoms with E-state index >= 15 is 0 Å². The Morgan fingerprint density at radius 3 is 1.74 bits per heavy atom. The van der Waals surface area contributed by atoms with Crippen LogP contribution in [0.25, 0.3) is 0 Å². The molecule has 0 amide bonds. The van der Waals surface area contributed by atoms with Crippen molar-refractivity contribution >= 4 is 32.0 Å². The first-order valence-electron chi connectivity index (χ1n) is 9.02. The van der Waals surface area contributed by atoms with Crippen LogP contribution in [0.1, 0.15) is 26.3 Å². The lowest BCUT2D eigenvalue weighted by Crippen LogP contribution is -2.49. The summed E-state index contributed by atoms with van der Waals surface area (Å²) < 4.78 is 6.50. The van der Waals surface area contributed by atoms with E-state index in [-0.39, 0.29) is 5.41 Å². The smallest absolute Gasteiger partial charge is 0.492 e. The van der Waals surface area contributed by atoms with Gasteiger partial charge in [-0.2, -0.15) is 0 Å². The summed E-state index contributed by atoms with van der Waals surface area (Å²) in [6.45, 7) is 6.38. The van der Waals surface area contributed by atoms with Crippen LogP contribution in [0.4, 0.5) is 0 Å². The molecule has 0 bridgehead atoms. The van der Waals surface area contributed by atoms with Gasteiger partial charge >= 0.3 is 16.2 Å². The summed E-state index contributed by atoms with van der Waals surface area (Å²) >= 11 is 0. The van der Waals surface area contributed by atoms with Crippen molar-refractivity contribution in [3.05, 3.63) is 84.4 Å². The summed E-state index contributed by atoms with van der Waals surface area (Å²) in [5, 5.41) is 21.9. The minimum Gasteiger partial charge on any atom is -0.533 e. The van der Waals surface area contributed by atoms with Crippen LogP contribution in [0.15, 0.2) is 78.9 Å². The fourth-order valence-electron chi connectivity index (χ4n) is 2.88. The van der Waals surface area contributed by atoms with E-state index in [0.29, 0.717) is 11.2 Å². The third kappa shape index (κ3) is 4.69. The van der Waals surface area contributed by atoms with Gasteiger partial charge in [-0.15, -0.1) is 0 Å². The second kappa shape index (κ2) is 8.13. The van der Waals surface area contributed by atoms with Crippen LogP contribution in [-0.4, -0.2) is 26.2 Å². The highest BCUT2D eigenvalue weighted by Gasteiger charge is 2.26. The van der Waals surface area contributed by atoms with Crippen molar-refractivity contribution in [3.8, 4) is 5.75 Å². The maximum absolute atomic E-state index is 9.84. The molecule has 0 heterocycles. The van der Waals surface area contributed by atoms with Gasteiger partial charge in [0.2, 0.25) is 0 Å². The van der Waals surface area contributed by atoms with Crippen molar-refractivity contribution in [1.82, 2.24) is 0 Å². The molecular weight excluding hydrogens is 351 g/mol. The molecule has 3 aromatic carbocycles. The number of hydrogen-bond acceptors (Lipinski definition) is 3. The lowest BCUT2D eigenvalue weighted by Gasteiger charge is -2.24. The Morgan fingerprint density at radius 1 is 0.778 bits per heavy atom. The largest absolute Gasteiger partial charge is 0.533 e. The van der Waals surface area contributed by atoms with Gasteiger partial charge in [0.05, 0.1) is 0 Å². The van der Waals surface area contributed by atoms with Gasteiger partial charge in [-0.3, -0.25) is 0 Å². The van der Waals surface area contributed by atoms with Crippen LogP contribution >= 0.6 is 0 Å². The topological polar surface area (TPSA) is 49.7 Å². The van der Waals surface area contributed by atoms with Crippen LogP contribution in [0.2, 0.25) is 0 Å². The average molecular weight is 375 g/mol. The van der Waals surface area contributed by atoms with Crippen LogP contribution in [0.3, 0.4) is 0 Å². The van der Waals surface area contributed by atoms with E-state index in [1.54, 1.807) is 6.07 Å². The molecule has 0 aliphatic carbocycles. The molecule has 3 aromatic rings. The van der Waals surface area contributed by atoms with Crippen LogP contribution in [0.5, 0.6) is 5.75 Å². The lowest BCUT2D eigenvalue weighted by atomic mass is 9.77. The Morgan fingerprint density at radius 2 is 1.30 bits per heavy atom. The van der Waals surface area contributed by atoms with Gasteiger partial charge in [-0.05, 0) is 27.4 Å². The average Bonchev–Trinajstić information content (AvgIpc) is 2.66. The molecule has 0 atom stereocenters. The lowest BCUT2D eigenvalue weighted by molar-refractivity contribution is 0.423.